The fourth-order valence-electron chi connectivity index (χ4n) is 1.33. The average Bonchev–Trinajstić information content (AvgIpc) is 2.27. The van der Waals surface area contributed by atoms with Gasteiger partial charge in [0.1, 0.15) is 5.69 Å². The lowest BCUT2D eigenvalue weighted by atomic mass is 10.1. The van der Waals surface area contributed by atoms with Gasteiger partial charge in [-0.1, -0.05) is 0 Å². The number of nitro groups is 1. The zero-order valence-corrected chi connectivity index (χ0v) is 9.09. The molecule has 1 aromatic rings. The van der Waals surface area contributed by atoms with E-state index in [0.717, 1.165) is 13.2 Å². The van der Waals surface area contributed by atoms with Crippen LogP contribution in [0.5, 0.6) is 5.88 Å². The Labute approximate surface area is 99.2 Å². The number of rotatable bonds is 5. The molecule has 0 aromatic carbocycles. The molecule has 18 heavy (non-hydrogen) atoms. The number of carboxylic acids is 1. The molecule has 0 bridgehead atoms. The van der Waals surface area contributed by atoms with Crippen LogP contribution in [0.1, 0.15) is 17.7 Å². The minimum Gasteiger partial charge on any atom is -0.481 e. The summed E-state index contributed by atoms with van der Waals surface area (Å²) in [7, 11) is 1.11. The maximum Gasteiger partial charge on any atom is 0.308 e. The first kappa shape index (κ1) is 13.7. The van der Waals surface area contributed by atoms with Gasteiger partial charge >= 0.3 is 5.97 Å². The van der Waals surface area contributed by atoms with Gasteiger partial charge in [0.05, 0.1) is 30.1 Å². The smallest absolute Gasteiger partial charge is 0.308 e. The van der Waals surface area contributed by atoms with E-state index in [-0.39, 0.29) is 5.88 Å². The zero-order valence-electron chi connectivity index (χ0n) is 9.09. The number of halogens is 2. The fraction of sp³-hybridized carbons (Fsp3) is 0.333. The molecule has 0 saturated heterocycles. The monoisotopic (exact) mass is 262 g/mol. The number of hydrogen-bond acceptors (Lipinski definition) is 5. The third-order valence-electron chi connectivity index (χ3n) is 2.05. The van der Waals surface area contributed by atoms with Gasteiger partial charge in [-0.2, -0.15) is 0 Å². The second kappa shape index (κ2) is 5.34. The molecule has 0 aliphatic carbocycles. The first-order chi connectivity index (χ1) is 8.36. The van der Waals surface area contributed by atoms with Gasteiger partial charge in [-0.15, -0.1) is 0 Å². The van der Waals surface area contributed by atoms with Crippen LogP contribution in [-0.2, 0) is 11.2 Å². The number of aromatic nitrogens is 1. The van der Waals surface area contributed by atoms with Crippen molar-refractivity contribution >= 4 is 11.7 Å². The number of ether oxygens (including phenoxy) is 1. The van der Waals surface area contributed by atoms with Crippen LogP contribution in [0.4, 0.5) is 14.5 Å². The standard InChI is InChI=1S/C9H8F2N2O5/c1-18-6-3-5(13(16)17)4(2-7(14)15)8(12-6)9(10)11/h3,9H,2H2,1H3,(H,14,15). The quantitative estimate of drug-likeness (QED) is 0.638. The lowest BCUT2D eigenvalue weighted by molar-refractivity contribution is -0.385. The number of alkyl halides is 2. The van der Waals surface area contributed by atoms with E-state index in [1.807, 2.05) is 0 Å². The van der Waals surface area contributed by atoms with E-state index in [1.165, 1.54) is 0 Å². The maximum atomic E-state index is 12.7. The Morgan fingerprint density at radius 1 is 1.67 bits per heavy atom. The molecule has 1 heterocycles. The normalized spacial score (nSPS) is 10.4. The number of carbonyl (C=O) groups is 1. The molecule has 0 saturated carbocycles. The highest BCUT2D eigenvalue weighted by Gasteiger charge is 2.27. The van der Waals surface area contributed by atoms with Crippen LogP contribution in [0.3, 0.4) is 0 Å². The van der Waals surface area contributed by atoms with E-state index in [9.17, 15) is 23.7 Å². The second-order valence-corrected chi connectivity index (χ2v) is 3.18. The molecule has 1 aromatic heterocycles. The maximum absolute atomic E-state index is 12.7. The molecule has 0 amide bonds. The Hall–Kier alpha value is -2.32. The topological polar surface area (TPSA) is 103 Å². The second-order valence-electron chi connectivity index (χ2n) is 3.18. The van der Waals surface area contributed by atoms with Gasteiger partial charge in [0.15, 0.2) is 0 Å². The molecule has 0 aliphatic rings. The lowest BCUT2D eigenvalue weighted by Gasteiger charge is -2.09. The van der Waals surface area contributed by atoms with Gasteiger partial charge in [-0.05, 0) is 0 Å². The summed E-state index contributed by atoms with van der Waals surface area (Å²) in [6.07, 6.45) is -4.04. The van der Waals surface area contributed by atoms with Crippen molar-refractivity contribution in [1.29, 1.82) is 0 Å². The van der Waals surface area contributed by atoms with Crippen molar-refractivity contribution in [3.05, 3.63) is 27.4 Å². The molecule has 0 atom stereocenters. The van der Waals surface area contributed by atoms with Crippen molar-refractivity contribution in [2.24, 2.45) is 0 Å². The van der Waals surface area contributed by atoms with E-state index in [0.29, 0.717) is 0 Å². The number of hydrogen-bond donors (Lipinski definition) is 1. The summed E-state index contributed by atoms with van der Waals surface area (Å²) in [6.45, 7) is 0. The molecule has 7 nitrogen and oxygen atoms in total. The summed E-state index contributed by atoms with van der Waals surface area (Å²) in [6, 6.07) is 0.810. The van der Waals surface area contributed by atoms with E-state index >= 15 is 0 Å². The average molecular weight is 262 g/mol. The minimum atomic E-state index is -3.13. The molecule has 0 unspecified atom stereocenters. The molecule has 1 N–H and O–H groups in total. The van der Waals surface area contributed by atoms with Gasteiger partial charge in [-0.3, -0.25) is 14.9 Å². The number of carboxylic acid groups (broad SMARTS) is 1. The summed E-state index contributed by atoms with van der Waals surface area (Å²) >= 11 is 0. The number of nitrogens with zero attached hydrogens (tertiary/aromatic N) is 2. The molecule has 0 fully saturated rings. The predicted octanol–water partition coefficient (Wildman–Crippen LogP) is 1.56. The highest BCUT2D eigenvalue weighted by molar-refractivity contribution is 5.72. The van der Waals surface area contributed by atoms with Crippen molar-refractivity contribution in [1.82, 2.24) is 4.98 Å². The van der Waals surface area contributed by atoms with E-state index in [4.69, 9.17) is 5.11 Å². The SMILES string of the molecule is COc1cc([N+](=O)[O-])c(CC(=O)O)c(C(F)F)n1. The van der Waals surface area contributed by atoms with E-state index in [2.05, 4.69) is 9.72 Å². The van der Waals surface area contributed by atoms with Gasteiger partial charge in [0, 0.05) is 0 Å². The predicted molar refractivity (Wildman–Crippen MR) is 53.7 cm³/mol. The Morgan fingerprint density at radius 2 is 2.28 bits per heavy atom. The highest BCUT2D eigenvalue weighted by atomic mass is 19.3. The van der Waals surface area contributed by atoms with E-state index < -0.39 is 40.7 Å². The van der Waals surface area contributed by atoms with Crippen LogP contribution in [0.2, 0.25) is 0 Å². The van der Waals surface area contributed by atoms with Crippen LogP contribution in [0.25, 0.3) is 0 Å². The Balaban J connectivity index is 3.49. The van der Waals surface area contributed by atoms with Crippen LogP contribution in [0, 0.1) is 10.1 Å². The van der Waals surface area contributed by atoms with Gasteiger partial charge < -0.3 is 9.84 Å². The highest BCUT2D eigenvalue weighted by Crippen LogP contribution is 2.31. The van der Waals surface area contributed by atoms with Crippen LogP contribution in [-0.4, -0.2) is 28.1 Å². The fourth-order valence-corrected chi connectivity index (χ4v) is 1.33. The summed E-state index contributed by atoms with van der Waals surface area (Å²) in [5.74, 6) is -1.84. The number of methoxy groups -OCH3 is 1. The van der Waals surface area contributed by atoms with Crippen molar-refractivity contribution < 1.29 is 28.3 Å². The molecule has 0 radical (unpaired) electrons. The number of aliphatic carboxylic acids is 1. The van der Waals surface area contributed by atoms with Crippen molar-refractivity contribution in [3.8, 4) is 5.88 Å². The van der Waals surface area contributed by atoms with E-state index in [1.54, 1.807) is 0 Å². The first-order valence-electron chi connectivity index (χ1n) is 4.59. The van der Waals surface area contributed by atoms with Gasteiger partial charge in [-0.25, -0.2) is 13.8 Å². The summed E-state index contributed by atoms with van der Waals surface area (Å²) in [5, 5.41) is 19.3. The largest absolute Gasteiger partial charge is 0.481 e. The van der Waals surface area contributed by atoms with Crippen LogP contribution < -0.4 is 4.74 Å². The molecule has 9 heteroatoms. The molecule has 98 valence electrons. The van der Waals surface area contributed by atoms with Crippen molar-refractivity contribution in [3.63, 3.8) is 0 Å². The van der Waals surface area contributed by atoms with Crippen LogP contribution in [0.15, 0.2) is 6.07 Å². The Kier molecular flexibility index (Phi) is 4.08. The van der Waals surface area contributed by atoms with Crippen LogP contribution >= 0.6 is 0 Å². The summed E-state index contributed by atoms with van der Waals surface area (Å²) in [5.41, 5.74) is -2.33. The van der Waals surface area contributed by atoms with Gasteiger partial charge in [0.25, 0.3) is 12.1 Å². The van der Waals surface area contributed by atoms with Crippen molar-refractivity contribution in [2.45, 2.75) is 12.8 Å². The Bertz CT molecular complexity index is 492. The lowest BCUT2D eigenvalue weighted by Crippen LogP contribution is -2.10. The molecule has 0 spiro atoms. The molecular weight excluding hydrogens is 254 g/mol. The molecule has 1 rings (SSSR count). The third kappa shape index (κ3) is 2.87. The van der Waals surface area contributed by atoms with Crippen molar-refractivity contribution in [2.75, 3.05) is 7.11 Å². The summed E-state index contributed by atoms with van der Waals surface area (Å²) < 4.78 is 30.0. The molecule has 0 aliphatic heterocycles. The molecular formula is C9H8F2N2O5. The zero-order chi connectivity index (χ0) is 13.9. The minimum absolute atomic E-state index is 0.369. The Morgan fingerprint density at radius 3 is 2.67 bits per heavy atom. The third-order valence-corrected chi connectivity index (χ3v) is 2.05. The number of pyridine rings is 1. The summed E-state index contributed by atoms with van der Waals surface area (Å²) in [4.78, 5) is 23.7. The first-order valence-corrected chi connectivity index (χ1v) is 4.59. The van der Waals surface area contributed by atoms with Gasteiger partial charge in [0.2, 0.25) is 5.88 Å².